The number of carbonyl (C=O) groups excluding carboxylic acids is 2. The summed E-state index contributed by atoms with van der Waals surface area (Å²) in [5.74, 6) is 1.36. The average Bonchev–Trinajstić information content (AvgIpc) is 3.22. The fourth-order valence-corrected chi connectivity index (χ4v) is 8.05. The number of anilines is 2. The Hall–Kier alpha value is -4.62. The first-order chi connectivity index (χ1) is 27.3. The van der Waals surface area contributed by atoms with Crippen molar-refractivity contribution in [1.29, 1.82) is 0 Å². The van der Waals surface area contributed by atoms with Crippen LogP contribution in [-0.4, -0.2) is 97.8 Å². The minimum absolute atomic E-state index is 0.0349. The SMILES string of the molecule is C=CC(/C=C/c1ccc(N2CCC(O)CC2)cc1)=C\C=N\CC(=O)NCCSSCCNC(=O)C[n+]1ccc(/C=C/c2ccc(N3CCC(O)CC3)cc2)cc1. The Bertz CT molecular complexity index is 1800. The lowest BCUT2D eigenvalue weighted by molar-refractivity contribution is -0.684. The first kappa shape index (κ1) is 42.5. The molecule has 3 aromatic rings. The molecule has 0 saturated carbocycles. The number of nitrogens with zero attached hydrogens (tertiary/aromatic N) is 4. The molecule has 0 bridgehead atoms. The van der Waals surface area contributed by atoms with Crippen LogP contribution in [0.4, 0.5) is 11.4 Å². The second kappa shape index (κ2) is 23.4. The maximum Gasteiger partial charge on any atom is 0.286 e. The molecule has 12 heteroatoms. The molecule has 5 rings (SSSR count). The van der Waals surface area contributed by atoms with Crippen LogP contribution < -0.4 is 25.0 Å². The number of hydrogen-bond donors (Lipinski definition) is 4. The third kappa shape index (κ3) is 15.1. The van der Waals surface area contributed by atoms with Gasteiger partial charge in [-0.25, -0.2) is 0 Å². The first-order valence-corrected chi connectivity index (χ1v) is 21.9. The second-order valence-electron chi connectivity index (χ2n) is 13.8. The van der Waals surface area contributed by atoms with Crippen molar-refractivity contribution in [2.45, 2.75) is 44.4 Å². The van der Waals surface area contributed by atoms with E-state index in [0.717, 1.165) is 85.6 Å². The van der Waals surface area contributed by atoms with Gasteiger partial charge in [-0.2, -0.15) is 4.57 Å². The number of benzene rings is 2. The zero-order chi connectivity index (χ0) is 39.4. The number of piperidine rings is 2. The van der Waals surface area contributed by atoms with Crippen LogP contribution in [0, 0.1) is 0 Å². The van der Waals surface area contributed by atoms with E-state index in [1.165, 1.54) is 11.4 Å². The monoisotopic (exact) mass is 795 g/mol. The molecule has 56 heavy (non-hydrogen) atoms. The molecule has 2 aliphatic rings. The van der Waals surface area contributed by atoms with E-state index in [0.29, 0.717) is 13.1 Å². The zero-order valence-electron chi connectivity index (χ0n) is 32.0. The van der Waals surface area contributed by atoms with Crippen LogP contribution in [0.25, 0.3) is 18.2 Å². The summed E-state index contributed by atoms with van der Waals surface area (Å²) in [6, 6.07) is 20.9. The highest BCUT2D eigenvalue weighted by Gasteiger charge is 2.18. The van der Waals surface area contributed by atoms with Crippen molar-refractivity contribution in [1.82, 2.24) is 10.6 Å². The molecule has 1 aromatic heterocycles. The van der Waals surface area contributed by atoms with Gasteiger partial charge in [-0.1, -0.05) is 82.8 Å². The number of aromatic nitrogens is 1. The van der Waals surface area contributed by atoms with E-state index in [2.05, 4.69) is 92.7 Å². The van der Waals surface area contributed by atoms with Crippen LogP contribution in [0.3, 0.4) is 0 Å². The molecule has 0 radical (unpaired) electrons. The Morgan fingerprint density at radius 3 is 1.73 bits per heavy atom. The lowest BCUT2D eigenvalue weighted by Crippen LogP contribution is -2.42. The molecule has 0 unspecified atom stereocenters. The lowest BCUT2D eigenvalue weighted by atomic mass is 10.1. The van der Waals surface area contributed by atoms with Crippen molar-refractivity contribution < 1.29 is 24.4 Å². The van der Waals surface area contributed by atoms with Crippen molar-refractivity contribution in [2.24, 2.45) is 4.99 Å². The van der Waals surface area contributed by atoms with E-state index in [-0.39, 0.29) is 37.1 Å². The molecule has 3 heterocycles. The normalized spacial score (nSPS) is 15.9. The van der Waals surface area contributed by atoms with Crippen molar-refractivity contribution in [3.63, 3.8) is 0 Å². The van der Waals surface area contributed by atoms with Crippen LogP contribution in [0.15, 0.2) is 108 Å². The largest absolute Gasteiger partial charge is 0.393 e. The number of hydrogen-bond acceptors (Lipinski definition) is 9. The van der Waals surface area contributed by atoms with Crippen LogP contribution in [0.5, 0.6) is 0 Å². The molecule has 2 saturated heterocycles. The average molecular weight is 796 g/mol. The van der Waals surface area contributed by atoms with Gasteiger partial charge >= 0.3 is 0 Å². The van der Waals surface area contributed by atoms with Gasteiger partial charge in [0.1, 0.15) is 6.54 Å². The Morgan fingerprint density at radius 1 is 0.732 bits per heavy atom. The highest BCUT2D eigenvalue weighted by Crippen LogP contribution is 2.23. The van der Waals surface area contributed by atoms with Gasteiger partial charge in [0.15, 0.2) is 12.4 Å². The molecule has 4 N–H and O–H groups in total. The molecule has 0 spiro atoms. The third-order valence-corrected chi connectivity index (χ3v) is 12.0. The topological polar surface area (TPSA) is 121 Å². The van der Waals surface area contributed by atoms with E-state index in [1.54, 1.807) is 33.9 Å². The number of carbonyl (C=O) groups is 2. The maximum absolute atomic E-state index is 12.4. The van der Waals surface area contributed by atoms with E-state index < -0.39 is 0 Å². The highest BCUT2D eigenvalue weighted by atomic mass is 33.1. The van der Waals surface area contributed by atoms with Crippen molar-refractivity contribution >= 4 is 69.2 Å². The second-order valence-corrected chi connectivity index (χ2v) is 16.5. The Kier molecular flexibility index (Phi) is 17.8. The lowest BCUT2D eigenvalue weighted by Gasteiger charge is -2.31. The molecule has 2 aliphatic heterocycles. The number of aliphatic hydroxyl groups is 2. The van der Waals surface area contributed by atoms with Gasteiger partial charge in [0, 0.05) is 80.5 Å². The summed E-state index contributed by atoms with van der Waals surface area (Å²) in [5.41, 5.74) is 6.51. The number of aliphatic hydroxyl groups excluding tert-OH is 2. The maximum atomic E-state index is 12.4. The van der Waals surface area contributed by atoms with Gasteiger partial charge in [0.2, 0.25) is 12.5 Å². The Morgan fingerprint density at radius 2 is 1.21 bits per heavy atom. The third-order valence-electron chi connectivity index (χ3n) is 9.57. The number of rotatable bonds is 19. The molecule has 296 valence electrons. The number of aliphatic imine (C=N–C) groups is 1. The molecule has 2 fully saturated rings. The molecule has 2 aromatic carbocycles. The van der Waals surface area contributed by atoms with Crippen LogP contribution >= 0.6 is 21.6 Å². The fraction of sp³-hybridized carbons (Fsp3) is 0.364. The first-order valence-electron chi connectivity index (χ1n) is 19.4. The van der Waals surface area contributed by atoms with Crippen molar-refractivity contribution in [3.05, 3.63) is 120 Å². The summed E-state index contributed by atoms with van der Waals surface area (Å²) < 4.78 is 1.86. The minimum atomic E-state index is -0.181. The summed E-state index contributed by atoms with van der Waals surface area (Å²) in [5, 5.41) is 25.3. The van der Waals surface area contributed by atoms with E-state index in [4.69, 9.17) is 0 Å². The Labute approximate surface area is 339 Å². The van der Waals surface area contributed by atoms with Gasteiger partial charge in [-0.05, 0) is 78.3 Å². The van der Waals surface area contributed by atoms with E-state index in [1.807, 2.05) is 47.3 Å². The van der Waals surface area contributed by atoms with Gasteiger partial charge in [0.25, 0.3) is 5.91 Å². The number of nitrogens with one attached hydrogen (secondary N) is 2. The predicted octanol–water partition coefficient (Wildman–Crippen LogP) is 5.58. The molecule has 2 amide bonds. The molecule has 10 nitrogen and oxygen atoms in total. The Balaban J connectivity index is 0.879. The van der Waals surface area contributed by atoms with Crippen molar-refractivity contribution in [2.75, 3.05) is 67.1 Å². The van der Waals surface area contributed by atoms with Crippen LogP contribution in [-0.2, 0) is 16.1 Å². The molecular weight excluding hydrogens is 741 g/mol. The summed E-state index contributed by atoms with van der Waals surface area (Å²) in [4.78, 5) is 33.5. The van der Waals surface area contributed by atoms with Crippen molar-refractivity contribution in [3.8, 4) is 0 Å². The van der Waals surface area contributed by atoms with E-state index >= 15 is 0 Å². The molecule has 0 atom stereocenters. The van der Waals surface area contributed by atoms with Crippen LogP contribution in [0.2, 0.25) is 0 Å². The number of pyridine rings is 1. The van der Waals surface area contributed by atoms with Gasteiger partial charge in [-0.15, -0.1) is 0 Å². The summed E-state index contributed by atoms with van der Waals surface area (Å²) in [7, 11) is 3.32. The smallest absolute Gasteiger partial charge is 0.286 e. The van der Waals surface area contributed by atoms with Gasteiger partial charge in [-0.3, -0.25) is 14.6 Å². The molecule has 0 aliphatic carbocycles. The molecular formula is C44H55N6O4S2+. The summed E-state index contributed by atoms with van der Waals surface area (Å²) in [6.45, 7) is 8.84. The van der Waals surface area contributed by atoms with E-state index in [9.17, 15) is 19.8 Å². The van der Waals surface area contributed by atoms with Gasteiger partial charge < -0.3 is 30.6 Å². The quantitative estimate of drug-likeness (QED) is 0.0409. The highest BCUT2D eigenvalue weighted by molar-refractivity contribution is 8.76. The fourth-order valence-electron chi connectivity index (χ4n) is 6.24. The summed E-state index contributed by atoms with van der Waals surface area (Å²) >= 11 is 0. The zero-order valence-corrected chi connectivity index (χ0v) is 33.7. The number of amides is 2. The van der Waals surface area contributed by atoms with Crippen LogP contribution in [0.1, 0.15) is 42.4 Å². The standard InChI is InChI=1S/C44H54N6O4S2/c1-2-35(3-4-36-7-11-39(12-8-36)49-27-18-41(51)19-28-49)15-22-45-33-43(53)46-23-31-55-56-32-24-47-44(54)34-48-25-16-38(17-26-48)6-5-37-9-13-40(14-10-37)50-29-20-42(52)21-30-50/h2-17,22,25-26,41-42,51-52H,1,18-21,23-24,27-34H2,(H-,46,47,53,54)/p+1/b4-3+,35-15+,45-22+. The summed E-state index contributed by atoms with van der Waals surface area (Å²) in [6.07, 6.45) is 20.1. The predicted molar refractivity (Wildman–Crippen MR) is 235 cm³/mol. The minimum Gasteiger partial charge on any atom is -0.393 e. The number of allylic oxidation sites excluding steroid dienone is 4. The van der Waals surface area contributed by atoms with Gasteiger partial charge in [0.05, 0.1) is 12.2 Å².